The van der Waals surface area contributed by atoms with Crippen molar-refractivity contribution >= 4 is 5.97 Å². The first-order chi connectivity index (χ1) is 9.06. The van der Waals surface area contributed by atoms with Gasteiger partial charge in [-0.2, -0.15) is 26.3 Å². The number of carbonyl (C=O) groups excluding carboxylic acids is 1. The Labute approximate surface area is 119 Å². The van der Waals surface area contributed by atoms with Gasteiger partial charge in [-0.25, -0.2) is 0 Å². The summed E-state index contributed by atoms with van der Waals surface area (Å²) in [6.45, 7) is 8.14. The molecule has 0 spiro atoms. The quantitative estimate of drug-likeness (QED) is 0.552. The van der Waals surface area contributed by atoms with Crippen LogP contribution in [-0.4, -0.2) is 24.4 Å². The number of halogens is 6. The Morgan fingerprint density at radius 3 is 1.57 bits per heavy atom. The van der Waals surface area contributed by atoms with E-state index in [9.17, 15) is 31.1 Å². The van der Waals surface area contributed by atoms with Gasteiger partial charge in [-0.05, 0) is 17.8 Å². The lowest BCUT2D eigenvalue weighted by Gasteiger charge is -2.32. The molecule has 0 saturated carbocycles. The average Bonchev–Trinajstić information content (AvgIpc) is 2.16. The van der Waals surface area contributed by atoms with E-state index in [1.807, 2.05) is 0 Å². The second-order valence-corrected chi connectivity index (χ2v) is 6.45. The minimum absolute atomic E-state index is 0.0722. The van der Waals surface area contributed by atoms with Crippen molar-refractivity contribution in [1.82, 2.24) is 0 Å². The van der Waals surface area contributed by atoms with Gasteiger partial charge < -0.3 is 4.74 Å². The second-order valence-electron chi connectivity index (χ2n) is 6.45. The van der Waals surface area contributed by atoms with Crippen LogP contribution in [0, 0.1) is 17.3 Å². The third kappa shape index (κ3) is 6.56. The fourth-order valence-electron chi connectivity index (χ4n) is 1.79. The van der Waals surface area contributed by atoms with E-state index in [2.05, 4.69) is 4.74 Å². The van der Waals surface area contributed by atoms with Crippen LogP contribution in [0.3, 0.4) is 0 Å². The van der Waals surface area contributed by atoms with Crippen LogP contribution in [0.4, 0.5) is 26.3 Å². The summed E-state index contributed by atoms with van der Waals surface area (Å²) in [4.78, 5) is 11.8. The molecule has 21 heavy (non-hydrogen) atoms. The minimum atomic E-state index is -5.69. The Morgan fingerprint density at radius 2 is 1.33 bits per heavy atom. The number of hydrogen-bond donors (Lipinski definition) is 0. The largest absolute Gasteiger partial charge is 0.443 e. The summed E-state index contributed by atoms with van der Waals surface area (Å²) in [6, 6.07) is 0. The lowest BCUT2D eigenvalue weighted by atomic mass is 9.76. The van der Waals surface area contributed by atoms with Crippen LogP contribution in [0.5, 0.6) is 0 Å². The van der Waals surface area contributed by atoms with Crippen molar-refractivity contribution in [3.05, 3.63) is 0 Å². The predicted octanol–water partition coefficient (Wildman–Crippen LogP) is 4.73. The van der Waals surface area contributed by atoms with Gasteiger partial charge in [0, 0.05) is 0 Å². The van der Waals surface area contributed by atoms with E-state index < -0.39 is 35.8 Å². The molecule has 0 aromatic rings. The van der Waals surface area contributed by atoms with Crippen LogP contribution < -0.4 is 0 Å². The van der Waals surface area contributed by atoms with Crippen molar-refractivity contribution < 1.29 is 35.9 Å². The molecule has 0 aromatic heterocycles. The summed E-state index contributed by atoms with van der Waals surface area (Å²) < 4.78 is 78.2. The molecule has 0 N–H and O–H groups in total. The molecule has 0 fully saturated rings. The van der Waals surface area contributed by atoms with Crippen molar-refractivity contribution in [2.75, 3.05) is 0 Å². The molecule has 0 saturated heterocycles. The molecule has 0 aromatic carbocycles. The SMILES string of the molecule is CC(C)CC(C(=O)OC(C(F)(F)F)C(F)(F)F)C(C)(C)C. The van der Waals surface area contributed by atoms with E-state index >= 15 is 0 Å². The van der Waals surface area contributed by atoms with Gasteiger partial charge in [0.1, 0.15) is 0 Å². The zero-order valence-electron chi connectivity index (χ0n) is 12.5. The van der Waals surface area contributed by atoms with Gasteiger partial charge in [-0.15, -0.1) is 0 Å². The fourth-order valence-corrected chi connectivity index (χ4v) is 1.79. The molecule has 2 nitrogen and oxygen atoms in total. The molecule has 0 rings (SSSR count). The normalized spacial score (nSPS) is 15.5. The number of rotatable bonds is 4. The van der Waals surface area contributed by atoms with Crippen LogP contribution in [0.2, 0.25) is 0 Å². The Kier molecular flexibility index (Phi) is 6.15. The van der Waals surface area contributed by atoms with E-state index in [0.29, 0.717) is 0 Å². The highest BCUT2D eigenvalue weighted by Gasteiger charge is 2.60. The number of esters is 1. The van der Waals surface area contributed by atoms with Crippen molar-refractivity contribution in [2.24, 2.45) is 17.3 Å². The molecule has 0 radical (unpaired) electrons. The van der Waals surface area contributed by atoms with E-state index in [1.165, 1.54) is 0 Å². The smallest absolute Gasteiger partial charge is 0.434 e. The van der Waals surface area contributed by atoms with Crippen molar-refractivity contribution in [1.29, 1.82) is 0 Å². The third-order valence-corrected chi connectivity index (χ3v) is 2.87. The summed E-state index contributed by atoms with van der Waals surface area (Å²) in [5.74, 6) is -2.60. The highest BCUT2D eigenvalue weighted by molar-refractivity contribution is 5.73. The lowest BCUT2D eigenvalue weighted by Crippen LogP contribution is -2.47. The maximum absolute atomic E-state index is 12.4. The topological polar surface area (TPSA) is 26.3 Å². The highest BCUT2D eigenvalue weighted by atomic mass is 19.4. The average molecular weight is 322 g/mol. The highest BCUT2D eigenvalue weighted by Crippen LogP contribution is 2.38. The summed E-state index contributed by atoms with van der Waals surface area (Å²) >= 11 is 0. The van der Waals surface area contributed by atoms with Crippen molar-refractivity contribution in [2.45, 2.75) is 59.5 Å². The van der Waals surface area contributed by atoms with Crippen LogP contribution >= 0.6 is 0 Å². The van der Waals surface area contributed by atoms with Crippen LogP contribution in [-0.2, 0) is 9.53 Å². The zero-order valence-corrected chi connectivity index (χ0v) is 12.5. The van der Waals surface area contributed by atoms with E-state index in [0.717, 1.165) is 0 Å². The molecule has 0 aliphatic rings. The van der Waals surface area contributed by atoms with Gasteiger partial charge in [0.2, 0.25) is 0 Å². The number of alkyl halides is 6. The van der Waals surface area contributed by atoms with Gasteiger partial charge in [0.15, 0.2) is 0 Å². The van der Waals surface area contributed by atoms with E-state index in [1.54, 1.807) is 34.6 Å². The molecule has 8 heteroatoms. The third-order valence-electron chi connectivity index (χ3n) is 2.87. The Morgan fingerprint density at radius 1 is 0.952 bits per heavy atom. The molecule has 0 aliphatic heterocycles. The van der Waals surface area contributed by atoms with Gasteiger partial charge in [0.25, 0.3) is 6.10 Å². The lowest BCUT2D eigenvalue weighted by molar-refractivity contribution is -0.315. The molecule has 126 valence electrons. The van der Waals surface area contributed by atoms with Crippen LogP contribution in [0.15, 0.2) is 0 Å². The molecule has 1 atom stereocenters. The van der Waals surface area contributed by atoms with Gasteiger partial charge in [0.05, 0.1) is 5.92 Å². The molecule has 0 bridgehead atoms. The van der Waals surface area contributed by atoms with E-state index in [-0.39, 0.29) is 12.3 Å². The Bertz CT molecular complexity index is 337. The van der Waals surface area contributed by atoms with Crippen LogP contribution in [0.25, 0.3) is 0 Å². The molecule has 0 aliphatic carbocycles. The molecule has 0 amide bonds. The monoisotopic (exact) mass is 322 g/mol. The summed E-state index contributed by atoms with van der Waals surface area (Å²) in [7, 11) is 0. The van der Waals surface area contributed by atoms with Gasteiger partial charge in [-0.3, -0.25) is 4.79 Å². The molecule has 1 unspecified atom stereocenters. The number of hydrogen-bond acceptors (Lipinski definition) is 2. The standard InChI is InChI=1S/C13H20F6O2/c1-7(2)6-8(11(3,4)5)9(20)21-10(12(14,15)16)13(17,18)19/h7-8,10H,6H2,1-5H3. The van der Waals surface area contributed by atoms with Crippen LogP contribution in [0.1, 0.15) is 41.0 Å². The Balaban J connectivity index is 5.28. The maximum Gasteiger partial charge on any atom is 0.434 e. The molecular formula is C13H20F6O2. The summed E-state index contributed by atoms with van der Waals surface area (Å²) in [5, 5.41) is 0. The predicted molar refractivity (Wildman–Crippen MR) is 64.4 cm³/mol. The summed E-state index contributed by atoms with van der Waals surface area (Å²) in [6.07, 6.45) is -15.3. The second kappa shape index (κ2) is 6.44. The number of carbonyl (C=O) groups is 1. The maximum atomic E-state index is 12.4. The van der Waals surface area contributed by atoms with Crippen molar-refractivity contribution in [3.63, 3.8) is 0 Å². The first-order valence-electron chi connectivity index (χ1n) is 6.40. The van der Waals surface area contributed by atoms with Crippen molar-refractivity contribution in [3.8, 4) is 0 Å². The number of ether oxygens (including phenoxy) is 1. The van der Waals surface area contributed by atoms with Gasteiger partial charge in [-0.1, -0.05) is 34.6 Å². The first-order valence-corrected chi connectivity index (χ1v) is 6.40. The van der Waals surface area contributed by atoms with E-state index in [4.69, 9.17) is 0 Å². The van der Waals surface area contributed by atoms with Gasteiger partial charge >= 0.3 is 18.3 Å². The fraction of sp³-hybridized carbons (Fsp3) is 0.923. The zero-order chi connectivity index (χ0) is 17.2. The first kappa shape index (κ1) is 20.1. The summed E-state index contributed by atoms with van der Waals surface area (Å²) in [5.41, 5.74) is -0.802. The Hall–Kier alpha value is -0.950. The minimum Gasteiger partial charge on any atom is -0.443 e. The molecule has 0 heterocycles. The molecular weight excluding hydrogens is 302 g/mol.